The number of halogens is 1. The number of carbonyl (C=O) groups is 1. The van der Waals surface area contributed by atoms with Crippen molar-refractivity contribution >= 4 is 21.8 Å². The number of rotatable bonds is 3. The first-order chi connectivity index (χ1) is 9.08. The van der Waals surface area contributed by atoms with E-state index in [2.05, 4.69) is 21.2 Å². The number of benzene rings is 1. The van der Waals surface area contributed by atoms with Gasteiger partial charge in [-0.15, -0.1) is 0 Å². The molecule has 19 heavy (non-hydrogen) atoms. The standard InChI is InChI=1S/C15H21BrN2O/c1-10(13-4-2-3-5-14(13)16)18-15(19)11-6-8-12(17)9-7-11/h2-5,10-12H,6-9,17H2,1H3,(H,18,19). The molecule has 2 rings (SSSR count). The van der Waals surface area contributed by atoms with Crippen LogP contribution in [-0.2, 0) is 4.79 Å². The summed E-state index contributed by atoms with van der Waals surface area (Å²) in [6, 6.07) is 8.31. The lowest BCUT2D eigenvalue weighted by Gasteiger charge is -2.26. The van der Waals surface area contributed by atoms with Crippen LogP contribution in [0.4, 0.5) is 0 Å². The van der Waals surface area contributed by atoms with Gasteiger partial charge >= 0.3 is 0 Å². The van der Waals surface area contributed by atoms with Gasteiger partial charge < -0.3 is 11.1 Å². The average Bonchev–Trinajstić information content (AvgIpc) is 2.39. The van der Waals surface area contributed by atoms with Gasteiger partial charge in [0.05, 0.1) is 6.04 Å². The van der Waals surface area contributed by atoms with Gasteiger partial charge in [0, 0.05) is 16.4 Å². The van der Waals surface area contributed by atoms with Crippen LogP contribution in [-0.4, -0.2) is 11.9 Å². The molecule has 1 aliphatic carbocycles. The predicted molar refractivity (Wildman–Crippen MR) is 80.6 cm³/mol. The van der Waals surface area contributed by atoms with Crippen molar-refractivity contribution in [2.45, 2.75) is 44.7 Å². The average molecular weight is 325 g/mol. The molecule has 0 radical (unpaired) electrons. The van der Waals surface area contributed by atoms with Crippen LogP contribution < -0.4 is 11.1 Å². The van der Waals surface area contributed by atoms with Gasteiger partial charge in [-0.25, -0.2) is 0 Å². The summed E-state index contributed by atoms with van der Waals surface area (Å²) in [5.74, 6) is 0.292. The fourth-order valence-corrected chi connectivity index (χ4v) is 3.24. The zero-order valence-electron chi connectivity index (χ0n) is 11.2. The Morgan fingerprint density at radius 2 is 1.95 bits per heavy atom. The molecule has 1 saturated carbocycles. The van der Waals surface area contributed by atoms with Gasteiger partial charge in [0.1, 0.15) is 0 Å². The molecule has 0 aromatic heterocycles. The Balaban J connectivity index is 1.94. The Labute approximate surface area is 123 Å². The molecule has 0 saturated heterocycles. The Bertz CT molecular complexity index is 442. The molecule has 0 bridgehead atoms. The summed E-state index contributed by atoms with van der Waals surface area (Å²) in [5, 5.41) is 3.11. The molecular weight excluding hydrogens is 304 g/mol. The highest BCUT2D eigenvalue weighted by atomic mass is 79.9. The first-order valence-corrected chi connectivity index (χ1v) is 7.67. The van der Waals surface area contributed by atoms with E-state index >= 15 is 0 Å². The number of amides is 1. The summed E-state index contributed by atoms with van der Waals surface area (Å²) in [6.07, 6.45) is 3.74. The number of carbonyl (C=O) groups excluding carboxylic acids is 1. The van der Waals surface area contributed by atoms with Crippen LogP contribution in [0.3, 0.4) is 0 Å². The van der Waals surface area contributed by atoms with Gasteiger partial charge in [0.15, 0.2) is 0 Å². The SMILES string of the molecule is CC(NC(=O)C1CCC(N)CC1)c1ccccc1Br. The molecule has 1 aromatic rings. The molecular formula is C15H21BrN2O. The third-order valence-corrected chi connectivity index (χ3v) is 4.60. The summed E-state index contributed by atoms with van der Waals surface area (Å²) in [5.41, 5.74) is 6.99. The van der Waals surface area contributed by atoms with E-state index in [1.54, 1.807) is 0 Å². The molecule has 1 amide bonds. The topological polar surface area (TPSA) is 55.1 Å². The minimum Gasteiger partial charge on any atom is -0.349 e. The third-order valence-electron chi connectivity index (χ3n) is 3.87. The second-order valence-corrected chi connectivity index (χ2v) is 6.22. The maximum Gasteiger partial charge on any atom is 0.223 e. The predicted octanol–water partition coefficient (Wildman–Crippen LogP) is 3.14. The summed E-state index contributed by atoms with van der Waals surface area (Å²) in [7, 11) is 0. The van der Waals surface area contributed by atoms with Crippen molar-refractivity contribution in [3.05, 3.63) is 34.3 Å². The Kier molecular flexibility index (Phi) is 4.99. The number of nitrogens with one attached hydrogen (secondary N) is 1. The van der Waals surface area contributed by atoms with E-state index in [9.17, 15) is 4.79 Å². The number of nitrogens with two attached hydrogens (primary N) is 1. The van der Waals surface area contributed by atoms with Crippen LogP contribution in [0.2, 0.25) is 0 Å². The van der Waals surface area contributed by atoms with Gasteiger partial charge in [-0.2, -0.15) is 0 Å². The highest BCUT2D eigenvalue weighted by Crippen LogP contribution is 2.26. The lowest BCUT2D eigenvalue weighted by molar-refractivity contribution is -0.126. The van der Waals surface area contributed by atoms with Crippen LogP contribution in [0.5, 0.6) is 0 Å². The quantitative estimate of drug-likeness (QED) is 0.897. The second-order valence-electron chi connectivity index (χ2n) is 5.36. The first kappa shape index (κ1) is 14.5. The van der Waals surface area contributed by atoms with Crippen LogP contribution in [0.25, 0.3) is 0 Å². The van der Waals surface area contributed by atoms with Crippen molar-refractivity contribution in [3.8, 4) is 0 Å². The van der Waals surface area contributed by atoms with E-state index in [-0.39, 0.29) is 23.9 Å². The molecule has 1 aliphatic rings. The van der Waals surface area contributed by atoms with Crippen molar-refractivity contribution < 1.29 is 4.79 Å². The third kappa shape index (κ3) is 3.80. The molecule has 1 atom stereocenters. The summed E-state index contributed by atoms with van der Waals surface area (Å²) in [4.78, 5) is 12.2. The second kappa shape index (κ2) is 6.53. The van der Waals surface area contributed by atoms with Gasteiger partial charge in [-0.05, 0) is 44.2 Å². The van der Waals surface area contributed by atoms with Crippen LogP contribution >= 0.6 is 15.9 Å². The van der Waals surface area contributed by atoms with Crippen molar-refractivity contribution in [3.63, 3.8) is 0 Å². The maximum absolute atomic E-state index is 12.2. The molecule has 1 fully saturated rings. The van der Waals surface area contributed by atoms with Crippen molar-refractivity contribution in [2.75, 3.05) is 0 Å². The number of hydrogen-bond acceptors (Lipinski definition) is 2. The van der Waals surface area contributed by atoms with Gasteiger partial charge in [0.2, 0.25) is 5.91 Å². The van der Waals surface area contributed by atoms with E-state index < -0.39 is 0 Å². The van der Waals surface area contributed by atoms with Crippen molar-refractivity contribution in [1.82, 2.24) is 5.32 Å². The fraction of sp³-hybridized carbons (Fsp3) is 0.533. The first-order valence-electron chi connectivity index (χ1n) is 6.88. The van der Waals surface area contributed by atoms with Gasteiger partial charge in [-0.3, -0.25) is 4.79 Å². The zero-order chi connectivity index (χ0) is 13.8. The minimum absolute atomic E-state index is 0.0266. The van der Waals surface area contributed by atoms with E-state index in [0.717, 1.165) is 35.7 Å². The molecule has 0 heterocycles. The molecule has 3 N–H and O–H groups in total. The monoisotopic (exact) mass is 324 g/mol. The largest absolute Gasteiger partial charge is 0.349 e. The van der Waals surface area contributed by atoms with Gasteiger partial charge in [-0.1, -0.05) is 34.1 Å². The Hall–Kier alpha value is -0.870. The van der Waals surface area contributed by atoms with E-state index in [0.29, 0.717) is 0 Å². The minimum atomic E-state index is 0.0266. The van der Waals surface area contributed by atoms with Crippen molar-refractivity contribution in [2.24, 2.45) is 11.7 Å². The molecule has 0 aliphatic heterocycles. The van der Waals surface area contributed by atoms with E-state index in [1.807, 2.05) is 31.2 Å². The highest BCUT2D eigenvalue weighted by molar-refractivity contribution is 9.10. The molecule has 4 heteroatoms. The van der Waals surface area contributed by atoms with Crippen LogP contribution in [0, 0.1) is 5.92 Å². The molecule has 104 valence electrons. The van der Waals surface area contributed by atoms with Crippen molar-refractivity contribution in [1.29, 1.82) is 0 Å². The lowest BCUT2D eigenvalue weighted by Crippen LogP contribution is -2.37. The van der Waals surface area contributed by atoms with Gasteiger partial charge in [0.25, 0.3) is 0 Å². The summed E-state index contributed by atoms with van der Waals surface area (Å²) < 4.78 is 1.04. The lowest BCUT2D eigenvalue weighted by atomic mass is 9.85. The maximum atomic E-state index is 12.2. The summed E-state index contributed by atoms with van der Waals surface area (Å²) in [6.45, 7) is 2.02. The molecule has 1 unspecified atom stereocenters. The fourth-order valence-electron chi connectivity index (χ4n) is 2.62. The van der Waals surface area contributed by atoms with E-state index in [4.69, 9.17) is 5.73 Å². The van der Waals surface area contributed by atoms with Crippen LogP contribution in [0.1, 0.15) is 44.2 Å². The molecule has 3 nitrogen and oxygen atoms in total. The number of hydrogen-bond donors (Lipinski definition) is 2. The smallest absolute Gasteiger partial charge is 0.223 e. The summed E-state index contributed by atoms with van der Waals surface area (Å²) >= 11 is 3.52. The highest BCUT2D eigenvalue weighted by Gasteiger charge is 2.25. The zero-order valence-corrected chi connectivity index (χ0v) is 12.8. The normalized spacial score (nSPS) is 24.8. The Morgan fingerprint density at radius 1 is 1.32 bits per heavy atom. The van der Waals surface area contributed by atoms with Crippen LogP contribution in [0.15, 0.2) is 28.7 Å². The Morgan fingerprint density at radius 3 is 2.58 bits per heavy atom. The molecule has 1 aromatic carbocycles. The molecule has 0 spiro atoms. The van der Waals surface area contributed by atoms with E-state index in [1.165, 1.54) is 0 Å².